The molecule has 1 aliphatic rings. The summed E-state index contributed by atoms with van der Waals surface area (Å²) in [6, 6.07) is 4.52. The van der Waals surface area contributed by atoms with Crippen molar-refractivity contribution in [2.24, 2.45) is 0 Å². The molecule has 2 amide bonds. The normalized spacial score (nSPS) is 18.9. The summed E-state index contributed by atoms with van der Waals surface area (Å²) in [6.45, 7) is 2.28. The minimum absolute atomic E-state index is 0.0788. The summed E-state index contributed by atoms with van der Waals surface area (Å²) in [5.74, 6) is -1.82. The van der Waals surface area contributed by atoms with E-state index in [-0.39, 0.29) is 6.04 Å². The van der Waals surface area contributed by atoms with E-state index in [2.05, 4.69) is 5.32 Å². The van der Waals surface area contributed by atoms with Gasteiger partial charge in [0.1, 0.15) is 0 Å². The SMILES string of the molecule is CC1CCCCN1C(=O)C(=O)Nc1ccccc1C(F)(F)F. The maximum atomic E-state index is 12.9. The van der Waals surface area contributed by atoms with Crippen LogP contribution in [-0.4, -0.2) is 29.3 Å². The van der Waals surface area contributed by atoms with Gasteiger partial charge >= 0.3 is 18.0 Å². The van der Waals surface area contributed by atoms with Crippen molar-refractivity contribution in [3.8, 4) is 0 Å². The Morgan fingerprint density at radius 2 is 1.91 bits per heavy atom. The molecular formula is C15H17F3N2O2. The standard InChI is InChI=1S/C15H17F3N2O2/c1-10-6-4-5-9-20(10)14(22)13(21)19-12-8-3-2-7-11(12)15(16,17)18/h2-3,7-8,10H,4-6,9H2,1H3,(H,19,21). The van der Waals surface area contributed by atoms with Crippen LogP contribution in [-0.2, 0) is 15.8 Å². The number of carbonyl (C=O) groups is 2. The number of piperidine rings is 1. The van der Waals surface area contributed by atoms with Gasteiger partial charge in [0.15, 0.2) is 0 Å². The minimum atomic E-state index is -4.59. The van der Waals surface area contributed by atoms with Gasteiger partial charge in [0.25, 0.3) is 0 Å². The zero-order chi connectivity index (χ0) is 16.3. The predicted molar refractivity (Wildman–Crippen MR) is 75.1 cm³/mol. The van der Waals surface area contributed by atoms with Gasteiger partial charge in [0.2, 0.25) is 0 Å². The van der Waals surface area contributed by atoms with Crippen LogP contribution in [0.3, 0.4) is 0 Å². The van der Waals surface area contributed by atoms with Gasteiger partial charge in [-0.3, -0.25) is 9.59 Å². The third kappa shape index (κ3) is 3.58. The fourth-order valence-electron chi connectivity index (χ4n) is 2.55. The van der Waals surface area contributed by atoms with Gasteiger partial charge in [-0.05, 0) is 38.3 Å². The molecule has 1 heterocycles. The molecule has 1 aromatic rings. The first-order valence-corrected chi connectivity index (χ1v) is 7.09. The van der Waals surface area contributed by atoms with E-state index in [1.54, 1.807) is 0 Å². The van der Waals surface area contributed by atoms with E-state index in [1.165, 1.54) is 17.0 Å². The molecule has 2 rings (SSSR count). The number of para-hydroxylation sites is 1. The Bertz CT molecular complexity index is 572. The van der Waals surface area contributed by atoms with Crippen molar-refractivity contribution in [3.05, 3.63) is 29.8 Å². The molecule has 0 aromatic heterocycles. The monoisotopic (exact) mass is 314 g/mol. The summed E-state index contributed by atoms with van der Waals surface area (Å²) in [5, 5.41) is 2.08. The first-order chi connectivity index (χ1) is 10.3. The number of hydrogen-bond acceptors (Lipinski definition) is 2. The predicted octanol–water partition coefficient (Wildman–Crippen LogP) is 3.04. The molecule has 1 fully saturated rings. The van der Waals surface area contributed by atoms with Crippen molar-refractivity contribution >= 4 is 17.5 Å². The quantitative estimate of drug-likeness (QED) is 0.810. The van der Waals surface area contributed by atoms with Crippen molar-refractivity contribution in [2.75, 3.05) is 11.9 Å². The van der Waals surface area contributed by atoms with Crippen LogP contribution in [0.5, 0.6) is 0 Å². The number of halogens is 3. The van der Waals surface area contributed by atoms with Crippen LogP contribution < -0.4 is 5.32 Å². The molecule has 7 heteroatoms. The van der Waals surface area contributed by atoms with Crippen LogP contribution in [0, 0.1) is 0 Å². The van der Waals surface area contributed by atoms with E-state index < -0.39 is 29.2 Å². The fourth-order valence-corrected chi connectivity index (χ4v) is 2.55. The lowest BCUT2D eigenvalue weighted by Crippen LogP contribution is -2.47. The van der Waals surface area contributed by atoms with Gasteiger partial charge in [-0.1, -0.05) is 12.1 Å². The van der Waals surface area contributed by atoms with Gasteiger partial charge in [0, 0.05) is 12.6 Å². The number of amides is 2. The number of alkyl halides is 3. The first-order valence-electron chi connectivity index (χ1n) is 7.09. The second kappa shape index (κ2) is 6.37. The van der Waals surface area contributed by atoms with Gasteiger partial charge in [-0.25, -0.2) is 0 Å². The Morgan fingerprint density at radius 1 is 1.23 bits per heavy atom. The highest BCUT2D eigenvalue weighted by molar-refractivity contribution is 6.39. The Morgan fingerprint density at radius 3 is 2.55 bits per heavy atom. The van der Waals surface area contributed by atoms with Crippen molar-refractivity contribution in [2.45, 2.75) is 38.4 Å². The van der Waals surface area contributed by atoms with Crippen LogP contribution in [0.15, 0.2) is 24.3 Å². The lowest BCUT2D eigenvalue weighted by molar-refractivity contribution is -0.145. The number of rotatable bonds is 1. The molecule has 120 valence electrons. The smallest absolute Gasteiger partial charge is 0.332 e. The van der Waals surface area contributed by atoms with E-state index >= 15 is 0 Å². The molecule has 0 aliphatic carbocycles. The zero-order valence-corrected chi connectivity index (χ0v) is 12.1. The lowest BCUT2D eigenvalue weighted by Gasteiger charge is -2.32. The fraction of sp³-hybridized carbons (Fsp3) is 0.467. The summed E-state index contributed by atoms with van der Waals surface area (Å²) < 4.78 is 38.6. The Balaban J connectivity index is 2.14. The van der Waals surface area contributed by atoms with Crippen LogP contribution in [0.25, 0.3) is 0 Å². The number of hydrogen-bond donors (Lipinski definition) is 1. The molecular weight excluding hydrogens is 297 g/mol. The molecule has 0 spiro atoms. The van der Waals surface area contributed by atoms with Crippen molar-refractivity contribution in [1.82, 2.24) is 4.90 Å². The number of carbonyl (C=O) groups excluding carboxylic acids is 2. The highest BCUT2D eigenvalue weighted by atomic mass is 19.4. The molecule has 1 saturated heterocycles. The first kappa shape index (κ1) is 16.3. The van der Waals surface area contributed by atoms with Gasteiger partial charge < -0.3 is 10.2 Å². The van der Waals surface area contributed by atoms with Crippen LogP contribution in [0.1, 0.15) is 31.7 Å². The Labute approximate surface area is 126 Å². The number of nitrogens with zero attached hydrogens (tertiary/aromatic N) is 1. The molecule has 4 nitrogen and oxygen atoms in total. The zero-order valence-electron chi connectivity index (χ0n) is 12.1. The van der Waals surface area contributed by atoms with Crippen molar-refractivity contribution in [1.29, 1.82) is 0 Å². The van der Waals surface area contributed by atoms with E-state index in [4.69, 9.17) is 0 Å². The lowest BCUT2D eigenvalue weighted by atomic mass is 10.0. The summed E-state index contributed by atoms with van der Waals surface area (Å²) in [7, 11) is 0. The average molecular weight is 314 g/mol. The molecule has 1 aliphatic heterocycles. The third-order valence-electron chi connectivity index (χ3n) is 3.74. The van der Waals surface area contributed by atoms with Crippen LogP contribution >= 0.6 is 0 Å². The number of benzene rings is 1. The number of nitrogens with one attached hydrogen (secondary N) is 1. The highest BCUT2D eigenvalue weighted by Gasteiger charge is 2.35. The highest BCUT2D eigenvalue weighted by Crippen LogP contribution is 2.34. The van der Waals surface area contributed by atoms with Crippen molar-refractivity contribution < 1.29 is 22.8 Å². The van der Waals surface area contributed by atoms with E-state index in [1.807, 2.05) is 6.92 Å². The summed E-state index contributed by atoms with van der Waals surface area (Å²) >= 11 is 0. The van der Waals surface area contributed by atoms with E-state index in [0.29, 0.717) is 6.54 Å². The minimum Gasteiger partial charge on any atom is -0.332 e. The molecule has 22 heavy (non-hydrogen) atoms. The molecule has 0 saturated carbocycles. The number of anilines is 1. The molecule has 0 radical (unpaired) electrons. The second-order valence-electron chi connectivity index (χ2n) is 5.34. The third-order valence-corrected chi connectivity index (χ3v) is 3.74. The molecule has 1 unspecified atom stereocenters. The number of likely N-dealkylation sites (tertiary alicyclic amines) is 1. The molecule has 1 aromatic carbocycles. The largest absolute Gasteiger partial charge is 0.418 e. The van der Waals surface area contributed by atoms with Gasteiger partial charge in [0.05, 0.1) is 11.3 Å². The van der Waals surface area contributed by atoms with E-state index in [0.717, 1.165) is 31.4 Å². The Kier molecular flexibility index (Phi) is 4.73. The van der Waals surface area contributed by atoms with Crippen molar-refractivity contribution in [3.63, 3.8) is 0 Å². The summed E-state index contributed by atoms with van der Waals surface area (Å²) in [4.78, 5) is 25.5. The Hall–Kier alpha value is -2.05. The molecule has 1 atom stereocenters. The topological polar surface area (TPSA) is 49.4 Å². The van der Waals surface area contributed by atoms with Gasteiger partial charge in [-0.2, -0.15) is 13.2 Å². The van der Waals surface area contributed by atoms with E-state index in [9.17, 15) is 22.8 Å². The van der Waals surface area contributed by atoms with Crippen LogP contribution in [0.2, 0.25) is 0 Å². The summed E-state index contributed by atoms with van der Waals surface area (Å²) in [5.41, 5.74) is -1.37. The summed E-state index contributed by atoms with van der Waals surface area (Å²) in [6.07, 6.45) is -2.03. The van der Waals surface area contributed by atoms with Gasteiger partial charge in [-0.15, -0.1) is 0 Å². The maximum Gasteiger partial charge on any atom is 0.418 e. The second-order valence-corrected chi connectivity index (χ2v) is 5.34. The maximum absolute atomic E-state index is 12.9. The molecule has 0 bridgehead atoms. The van der Waals surface area contributed by atoms with Crippen LogP contribution in [0.4, 0.5) is 18.9 Å². The molecule has 1 N–H and O–H groups in total. The average Bonchev–Trinajstić information content (AvgIpc) is 2.46.